The van der Waals surface area contributed by atoms with Crippen molar-refractivity contribution < 1.29 is 41.3 Å². The van der Waals surface area contributed by atoms with Gasteiger partial charge in [0.1, 0.15) is 0 Å². The fraction of sp³-hybridized carbons (Fsp3) is 0.133. The van der Waals surface area contributed by atoms with Crippen LogP contribution >= 0.6 is 0 Å². The molecule has 1 aliphatic heterocycles. The Balaban J connectivity index is 2.21. The van der Waals surface area contributed by atoms with Crippen LogP contribution in [0.2, 0.25) is 0 Å². The van der Waals surface area contributed by atoms with Crippen molar-refractivity contribution in [2.45, 2.75) is 0 Å². The van der Waals surface area contributed by atoms with Crippen LogP contribution in [0.5, 0.6) is 23.0 Å². The van der Waals surface area contributed by atoms with Crippen LogP contribution < -0.4 is 17.8 Å². The molecule has 132 valence electrons. The van der Waals surface area contributed by atoms with Gasteiger partial charge in [0.25, 0.3) is 0 Å². The smallest absolute Gasteiger partial charge is 0.463 e. The molecule has 0 amide bonds. The monoisotopic (exact) mass is 368 g/mol. The molecule has 0 spiro atoms. The molecule has 10 heteroatoms. The van der Waals surface area contributed by atoms with E-state index >= 15 is 0 Å². The number of aliphatic hydroxyl groups is 2. The van der Waals surface area contributed by atoms with Gasteiger partial charge in [-0.2, -0.15) is 0 Å². The summed E-state index contributed by atoms with van der Waals surface area (Å²) in [6.45, 7) is -1.69. The Morgan fingerprint density at radius 2 is 1.64 bits per heavy atom. The van der Waals surface area contributed by atoms with Gasteiger partial charge in [0.2, 0.25) is 11.5 Å². The average Bonchev–Trinajstić information content (AvgIpc) is 2.91. The molecule has 0 bridgehead atoms. The van der Waals surface area contributed by atoms with Crippen LogP contribution in [0.4, 0.5) is 0 Å². The summed E-state index contributed by atoms with van der Waals surface area (Å²) in [6, 6.07) is 9.18. The van der Waals surface area contributed by atoms with Crippen LogP contribution in [0.15, 0.2) is 36.4 Å². The lowest BCUT2D eigenvalue weighted by atomic mass is 10.0. The van der Waals surface area contributed by atoms with Gasteiger partial charge in [-0.25, -0.2) is 0 Å². The maximum Gasteiger partial charge on any atom is 0.501 e. The number of fused-ring (bicyclic) bond motifs is 1. The number of aliphatic hydroxyl groups excluding tert-OH is 2. The van der Waals surface area contributed by atoms with Crippen molar-refractivity contribution in [3.05, 3.63) is 47.5 Å². The number of ether oxygens (including phenoxy) is 2. The lowest BCUT2D eigenvalue weighted by Gasteiger charge is -2.15. The van der Waals surface area contributed by atoms with Crippen LogP contribution in [-0.4, -0.2) is 38.0 Å². The number of ketones is 1. The van der Waals surface area contributed by atoms with Gasteiger partial charge in [-0.15, -0.1) is 8.42 Å². The summed E-state index contributed by atoms with van der Waals surface area (Å²) in [7, 11) is -4.38. The summed E-state index contributed by atoms with van der Waals surface area (Å²) in [6.07, 6.45) is 0. The molecule has 0 aromatic heterocycles. The molecule has 0 atom stereocenters. The van der Waals surface area contributed by atoms with Crippen LogP contribution in [-0.2, 0) is 10.4 Å². The van der Waals surface area contributed by atoms with Crippen molar-refractivity contribution in [2.75, 3.05) is 13.6 Å². The average molecular weight is 368 g/mol. The van der Waals surface area contributed by atoms with Crippen molar-refractivity contribution in [3.8, 4) is 23.0 Å². The van der Waals surface area contributed by atoms with Crippen molar-refractivity contribution in [2.24, 2.45) is 0 Å². The first-order valence-electron chi connectivity index (χ1n) is 6.89. The minimum absolute atomic E-state index is 0.136. The number of rotatable bonds is 6. The summed E-state index contributed by atoms with van der Waals surface area (Å²) in [5, 5.41) is 18.1. The Morgan fingerprint density at radius 1 is 1.00 bits per heavy atom. The number of carbonyl (C=O) groups excluding carboxylic acids is 1. The third kappa shape index (κ3) is 3.22. The van der Waals surface area contributed by atoms with Gasteiger partial charge in [0.15, 0.2) is 30.9 Å². The number of hydrogen-bond acceptors (Lipinski definition) is 9. The standard InChI is InChI=1S/C15H12O9S/c16-7-21-13-10(12(18)9-4-2-1-3-5-9)6-11-14(15(13)22-8-17)24-25(19,20)23-11/h1-6,16-17H,7-8H2. The van der Waals surface area contributed by atoms with Crippen molar-refractivity contribution in [3.63, 3.8) is 0 Å². The summed E-state index contributed by atoms with van der Waals surface area (Å²) >= 11 is 0. The molecule has 1 heterocycles. The Morgan fingerprint density at radius 3 is 2.28 bits per heavy atom. The molecule has 0 saturated carbocycles. The van der Waals surface area contributed by atoms with Crippen LogP contribution in [0.1, 0.15) is 15.9 Å². The van der Waals surface area contributed by atoms with Gasteiger partial charge in [-0.1, -0.05) is 30.3 Å². The minimum Gasteiger partial charge on any atom is -0.463 e. The Bertz CT molecular complexity index is 906. The molecule has 0 radical (unpaired) electrons. The van der Waals surface area contributed by atoms with E-state index in [-0.39, 0.29) is 34.1 Å². The van der Waals surface area contributed by atoms with Gasteiger partial charge in [0, 0.05) is 11.6 Å². The van der Waals surface area contributed by atoms with Gasteiger partial charge in [-0.05, 0) is 0 Å². The Hall–Kier alpha value is -2.82. The summed E-state index contributed by atoms with van der Waals surface area (Å²) in [4.78, 5) is 12.7. The molecular formula is C15H12O9S. The SMILES string of the molecule is O=C(c1ccccc1)c1cc2c(c(OCO)c1OCO)OS(=O)(=O)O2. The molecule has 0 fully saturated rings. The lowest BCUT2D eigenvalue weighted by Crippen LogP contribution is -2.09. The normalized spacial score (nSPS) is 14.2. The second-order valence-electron chi connectivity index (χ2n) is 4.73. The molecule has 0 saturated heterocycles. The van der Waals surface area contributed by atoms with Gasteiger partial charge in [-0.3, -0.25) is 4.79 Å². The van der Waals surface area contributed by atoms with Crippen LogP contribution in [0.25, 0.3) is 0 Å². The van der Waals surface area contributed by atoms with E-state index in [0.717, 1.165) is 6.07 Å². The molecule has 2 N–H and O–H groups in total. The molecular weight excluding hydrogens is 356 g/mol. The van der Waals surface area contributed by atoms with Gasteiger partial charge >= 0.3 is 10.4 Å². The molecule has 25 heavy (non-hydrogen) atoms. The minimum atomic E-state index is -4.38. The second-order valence-corrected chi connectivity index (χ2v) is 5.88. The highest BCUT2D eigenvalue weighted by Crippen LogP contribution is 2.51. The molecule has 2 aromatic rings. The van der Waals surface area contributed by atoms with Crippen molar-refractivity contribution >= 4 is 16.2 Å². The van der Waals surface area contributed by atoms with Crippen LogP contribution in [0.3, 0.4) is 0 Å². The molecule has 0 aliphatic carbocycles. The summed E-state index contributed by atoms with van der Waals surface area (Å²) in [5.74, 6) is -1.89. The molecule has 9 nitrogen and oxygen atoms in total. The zero-order valence-electron chi connectivity index (χ0n) is 12.5. The largest absolute Gasteiger partial charge is 0.501 e. The highest BCUT2D eigenvalue weighted by atomic mass is 32.3. The predicted molar refractivity (Wildman–Crippen MR) is 81.9 cm³/mol. The van der Waals surface area contributed by atoms with Gasteiger partial charge < -0.3 is 28.1 Å². The number of benzene rings is 2. The zero-order valence-corrected chi connectivity index (χ0v) is 13.4. The topological polar surface area (TPSA) is 129 Å². The van der Waals surface area contributed by atoms with E-state index in [0.29, 0.717) is 0 Å². The van der Waals surface area contributed by atoms with Gasteiger partial charge in [0.05, 0.1) is 5.56 Å². The van der Waals surface area contributed by atoms with E-state index in [1.54, 1.807) is 30.3 Å². The molecule has 1 aliphatic rings. The first kappa shape index (κ1) is 17.0. The lowest BCUT2D eigenvalue weighted by molar-refractivity contribution is 0.0717. The maximum absolute atomic E-state index is 12.7. The molecule has 3 rings (SSSR count). The first-order chi connectivity index (χ1) is 12.0. The molecule has 2 aromatic carbocycles. The zero-order chi connectivity index (χ0) is 18.0. The highest BCUT2D eigenvalue weighted by Gasteiger charge is 2.37. The third-order valence-corrected chi connectivity index (χ3v) is 3.99. The predicted octanol–water partition coefficient (Wildman–Crippen LogP) is 0.591. The highest BCUT2D eigenvalue weighted by molar-refractivity contribution is 7.82. The molecule has 0 unspecified atom stereocenters. The summed E-state index contributed by atoms with van der Waals surface area (Å²) < 4.78 is 42.3. The van der Waals surface area contributed by atoms with E-state index in [4.69, 9.17) is 19.7 Å². The maximum atomic E-state index is 12.7. The first-order valence-corrected chi connectivity index (χ1v) is 8.22. The van der Waals surface area contributed by atoms with Crippen molar-refractivity contribution in [1.29, 1.82) is 0 Å². The van der Waals surface area contributed by atoms with E-state index in [2.05, 4.69) is 8.37 Å². The van der Waals surface area contributed by atoms with E-state index in [9.17, 15) is 13.2 Å². The third-order valence-electron chi connectivity index (χ3n) is 3.23. The quantitative estimate of drug-likeness (QED) is 0.556. The number of carbonyl (C=O) groups is 1. The van der Waals surface area contributed by atoms with E-state index < -0.39 is 29.8 Å². The fourth-order valence-corrected chi connectivity index (χ4v) is 3.03. The Labute approximate surface area is 142 Å². The number of hydrogen-bond donors (Lipinski definition) is 2. The van der Waals surface area contributed by atoms with E-state index in [1.807, 2.05) is 0 Å². The Kier molecular flexibility index (Phi) is 4.49. The fourth-order valence-electron chi connectivity index (χ4n) is 2.29. The second kappa shape index (κ2) is 6.59. The van der Waals surface area contributed by atoms with Crippen LogP contribution in [0, 0.1) is 0 Å². The van der Waals surface area contributed by atoms with E-state index in [1.165, 1.54) is 0 Å². The van der Waals surface area contributed by atoms with Crippen molar-refractivity contribution in [1.82, 2.24) is 0 Å². The summed E-state index contributed by atoms with van der Waals surface area (Å²) in [5.41, 5.74) is 0.144.